The van der Waals surface area contributed by atoms with Crippen molar-refractivity contribution in [3.05, 3.63) is 42.0 Å². The molecule has 2 atom stereocenters. The van der Waals surface area contributed by atoms with Crippen LogP contribution in [0.15, 0.2) is 40.0 Å². The van der Waals surface area contributed by atoms with Gasteiger partial charge in [-0.15, -0.1) is 0 Å². The van der Waals surface area contributed by atoms with Gasteiger partial charge in [0.15, 0.2) is 6.04 Å². The molecule has 28 heavy (non-hydrogen) atoms. The van der Waals surface area contributed by atoms with E-state index in [0.29, 0.717) is 30.6 Å². The molecular formula is C18H19N5O5. The van der Waals surface area contributed by atoms with E-state index in [0.717, 1.165) is 0 Å². The van der Waals surface area contributed by atoms with Crippen LogP contribution in [0.5, 0.6) is 0 Å². The molecule has 0 aliphatic carbocycles. The Morgan fingerprint density at radius 3 is 2.71 bits per heavy atom. The topological polar surface area (TPSA) is 121 Å². The average molecular weight is 385 g/mol. The summed E-state index contributed by atoms with van der Waals surface area (Å²) in [7, 11) is 0. The number of para-hydroxylation sites is 1. The van der Waals surface area contributed by atoms with Gasteiger partial charge in [-0.1, -0.05) is 23.4 Å². The van der Waals surface area contributed by atoms with Crippen LogP contribution in [0.2, 0.25) is 0 Å². The van der Waals surface area contributed by atoms with Crippen LogP contribution in [0.1, 0.15) is 24.2 Å². The van der Waals surface area contributed by atoms with E-state index in [4.69, 9.17) is 9.26 Å². The molecule has 10 nitrogen and oxygen atoms in total. The number of aliphatic carboxylic acids is 1. The number of aromatic nitrogens is 2. The summed E-state index contributed by atoms with van der Waals surface area (Å²) in [6, 6.07) is 8.02. The third-order valence-electron chi connectivity index (χ3n) is 4.65. The Kier molecular flexibility index (Phi) is 4.78. The summed E-state index contributed by atoms with van der Waals surface area (Å²) in [5.41, 5.74) is 0.834. The smallest absolute Gasteiger partial charge is 0.328 e. The fourth-order valence-corrected chi connectivity index (χ4v) is 3.27. The van der Waals surface area contributed by atoms with E-state index in [9.17, 15) is 14.7 Å². The van der Waals surface area contributed by atoms with Gasteiger partial charge in [-0.2, -0.15) is 10.1 Å². The maximum absolute atomic E-state index is 13.0. The molecule has 1 aromatic carbocycles. The number of carbonyl (C=O) groups excluding carboxylic acids is 1. The summed E-state index contributed by atoms with van der Waals surface area (Å²) in [4.78, 5) is 30.4. The predicted octanol–water partition coefficient (Wildman–Crippen LogP) is 0.997. The molecule has 146 valence electrons. The van der Waals surface area contributed by atoms with Crippen molar-refractivity contribution in [3.8, 4) is 0 Å². The van der Waals surface area contributed by atoms with Gasteiger partial charge in [0.2, 0.25) is 11.7 Å². The fourth-order valence-electron chi connectivity index (χ4n) is 3.27. The number of amides is 1. The average Bonchev–Trinajstić information content (AvgIpc) is 3.35. The molecule has 3 heterocycles. The normalized spacial score (nSPS) is 22.2. The van der Waals surface area contributed by atoms with Crippen LogP contribution in [0, 0.1) is 6.92 Å². The number of hydrazone groups is 1. The molecule has 0 bridgehead atoms. The number of carboxylic acids is 1. The van der Waals surface area contributed by atoms with E-state index in [2.05, 4.69) is 15.2 Å². The molecule has 2 unspecified atom stereocenters. The zero-order valence-electron chi connectivity index (χ0n) is 15.2. The van der Waals surface area contributed by atoms with Gasteiger partial charge < -0.3 is 19.3 Å². The van der Waals surface area contributed by atoms with Crippen molar-refractivity contribution < 1.29 is 24.0 Å². The molecule has 0 saturated carbocycles. The lowest BCUT2D eigenvalue weighted by Crippen LogP contribution is -2.45. The summed E-state index contributed by atoms with van der Waals surface area (Å²) in [5, 5.41) is 19.1. The largest absolute Gasteiger partial charge is 0.480 e. The van der Waals surface area contributed by atoms with E-state index in [1.807, 2.05) is 6.07 Å². The summed E-state index contributed by atoms with van der Waals surface area (Å²) in [6.45, 7) is 2.63. The Labute approximate surface area is 160 Å². The zero-order valence-corrected chi connectivity index (χ0v) is 15.2. The third kappa shape index (κ3) is 3.46. The molecular weight excluding hydrogens is 366 g/mol. The summed E-state index contributed by atoms with van der Waals surface area (Å²) < 4.78 is 10.6. The Balaban J connectivity index is 1.53. The van der Waals surface area contributed by atoms with Crippen molar-refractivity contribution in [2.24, 2.45) is 5.10 Å². The van der Waals surface area contributed by atoms with Crippen molar-refractivity contribution in [2.75, 3.05) is 24.7 Å². The van der Waals surface area contributed by atoms with Gasteiger partial charge in [-0.05, 0) is 12.1 Å². The van der Waals surface area contributed by atoms with Gasteiger partial charge >= 0.3 is 5.97 Å². The zero-order chi connectivity index (χ0) is 19.7. The van der Waals surface area contributed by atoms with E-state index >= 15 is 0 Å². The van der Waals surface area contributed by atoms with Crippen LogP contribution in [0.25, 0.3) is 0 Å². The number of rotatable bonds is 4. The predicted molar refractivity (Wildman–Crippen MR) is 96.7 cm³/mol. The number of benzene rings is 1. The fraction of sp³-hybridized carbons (Fsp3) is 0.389. The highest BCUT2D eigenvalue weighted by Gasteiger charge is 2.39. The van der Waals surface area contributed by atoms with Crippen molar-refractivity contribution >= 4 is 23.3 Å². The standard InChI is InChI=1S/C18H19N5O5/c1-11-19-16(21-28-11)15-10-22(7-8-27-15)17(24)13-9-14(18(25)26)23(20-13)12-5-3-2-4-6-12/h2-6,14-15H,7-10H2,1H3,(H,25,26). The quantitative estimate of drug-likeness (QED) is 0.827. The van der Waals surface area contributed by atoms with Gasteiger partial charge in [-0.3, -0.25) is 9.80 Å². The molecule has 2 aliphatic heterocycles. The van der Waals surface area contributed by atoms with E-state index in [-0.39, 0.29) is 24.6 Å². The number of ether oxygens (including phenoxy) is 1. The van der Waals surface area contributed by atoms with E-state index in [1.54, 1.807) is 36.1 Å². The monoisotopic (exact) mass is 385 g/mol. The minimum Gasteiger partial charge on any atom is -0.480 e. The highest BCUT2D eigenvalue weighted by Crippen LogP contribution is 2.26. The molecule has 2 aliphatic rings. The molecule has 0 spiro atoms. The van der Waals surface area contributed by atoms with Gasteiger partial charge in [0.05, 0.1) is 18.8 Å². The lowest BCUT2D eigenvalue weighted by Gasteiger charge is -2.31. The number of carbonyl (C=O) groups is 2. The molecule has 1 N–H and O–H groups in total. The first-order valence-corrected chi connectivity index (χ1v) is 8.88. The molecule has 10 heteroatoms. The van der Waals surface area contributed by atoms with Crippen LogP contribution >= 0.6 is 0 Å². The number of hydrogen-bond donors (Lipinski definition) is 1. The molecule has 1 aromatic heterocycles. The van der Waals surface area contributed by atoms with Crippen LogP contribution in [-0.2, 0) is 14.3 Å². The van der Waals surface area contributed by atoms with Crippen LogP contribution in [-0.4, -0.2) is 63.5 Å². The van der Waals surface area contributed by atoms with Crippen LogP contribution in [0.4, 0.5) is 5.69 Å². The summed E-state index contributed by atoms with van der Waals surface area (Å²) >= 11 is 0. The first-order valence-electron chi connectivity index (χ1n) is 8.88. The maximum Gasteiger partial charge on any atom is 0.328 e. The highest BCUT2D eigenvalue weighted by atomic mass is 16.5. The van der Waals surface area contributed by atoms with Crippen LogP contribution < -0.4 is 5.01 Å². The van der Waals surface area contributed by atoms with Crippen molar-refractivity contribution in [2.45, 2.75) is 25.5 Å². The minimum atomic E-state index is -1.03. The SMILES string of the molecule is Cc1nc(C2CN(C(=O)C3=NN(c4ccccc4)C(C(=O)O)C3)CCO2)no1. The lowest BCUT2D eigenvalue weighted by molar-refractivity contribution is -0.138. The van der Waals surface area contributed by atoms with E-state index in [1.165, 1.54) is 5.01 Å². The number of anilines is 1. The molecule has 2 aromatic rings. The Morgan fingerprint density at radius 2 is 2.04 bits per heavy atom. The molecule has 1 saturated heterocycles. The van der Waals surface area contributed by atoms with Crippen molar-refractivity contribution in [1.82, 2.24) is 15.0 Å². The van der Waals surface area contributed by atoms with Gasteiger partial charge in [0.25, 0.3) is 5.91 Å². The third-order valence-corrected chi connectivity index (χ3v) is 4.65. The first-order chi connectivity index (χ1) is 13.5. The van der Waals surface area contributed by atoms with Crippen molar-refractivity contribution in [1.29, 1.82) is 0 Å². The van der Waals surface area contributed by atoms with Gasteiger partial charge in [0.1, 0.15) is 11.8 Å². The Hall–Kier alpha value is -3.27. The first kappa shape index (κ1) is 18.1. The number of carboxylic acid groups (broad SMARTS) is 1. The molecule has 0 radical (unpaired) electrons. The number of hydrogen-bond acceptors (Lipinski definition) is 8. The second-order valence-corrected chi connectivity index (χ2v) is 6.57. The maximum atomic E-state index is 13.0. The minimum absolute atomic E-state index is 0.0341. The Bertz CT molecular complexity index is 912. The van der Waals surface area contributed by atoms with Gasteiger partial charge in [0, 0.05) is 19.9 Å². The number of nitrogens with zero attached hydrogens (tertiary/aromatic N) is 5. The molecule has 1 amide bonds. The highest BCUT2D eigenvalue weighted by molar-refractivity contribution is 6.40. The number of aryl methyl sites for hydroxylation is 1. The number of morpholine rings is 1. The summed E-state index contributed by atoms with van der Waals surface area (Å²) in [5.74, 6) is -0.529. The van der Waals surface area contributed by atoms with E-state index < -0.39 is 18.1 Å². The Morgan fingerprint density at radius 1 is 1.25 bits per heavy atom. The second-order valence-electron chi connectivity index (χ2n) is 6.57. The summed E-state index contributed by atoms with van der Waals surface area (Å²) in [6.07, 6.45) is -0.454. The van der Waals surface area contributed by atoms with Gasteiger partial charge in [-0.25, -0.2) is 4.79 Å². The van der Waals surface area contributed by atoms with Crippen molar-refractivity contribution in [3.63, 3.8) is 0 Å². The molecule has 1 fully saturated rings. The van der Waals surface area contributed by atoms with Crippen LogP contribution in [0.3, 0.4) is 0 Å². The second kappa shape index (κ2) is 7.39. The lowest BCUT2D eigenvalue weighted by atomic mass is 10.1. The molecule has 4 rings (SSSR count).